The minimum Gasteiger partial charge on any atom is -0.366 e. The quantitative estimate of drug-likeness (QED) is 0.691. The zero-order valence-electron chi connectivity index (χ0n) is 6.77. The number of aromatic nitrogens is 2. The highest BCUT2D eigenvalue weighted by Gasteiger charge is 2.06. The Morgan fingerprint density at radius 3 is 2.85 bits per heavy atom. The monoisotopic (exact) mass is 173 g/mol. The van der Waals surface area contributed by atoms with Crippen LogP contribution in [0.5, 0.6) is 0 Å². The van der Waals surface area contributed by atoms with Gasteiger partial charge in [0.1, 0.15) is 5.52 Å². The zero-order valence-corrected chi connectivity index (χ0v) is 6.77. The van der Waals surface area contributed by atoms with E-state index in [1.54, 1.807) is 30.6 Å². The molecule has 64 valence electrons. The summed E-state index contributed by atoms with van der Waals surface area (Å²) in [6, 6.07) is 5.12. The molecule has 0 radical (unpaired) electrons. The van der Waals surface area contributed by atoms with Crippen LogP contribution in [0.2, 0.25) is 0 Å². The maximum atomic E-state index is 11.0. The van der Waals surface area contributed by atoms with E-state index in [-0.39, 0.29) is 0 Å². The summed E-state index contributed by atoms with van der Waals surface area (Å²) in [6.07, 6.45) is 3.15. The van der Waals surface area contributed by atoms with Crippen LogP contribution >= 0.6 is 0 Å². The van der Waals surface area contributed by atoms with Crippen LogP contribution in [0.15, 0.2) is 30.6 Å². The number of hydrogen-bond acceptors (Lipinski definition) is 3. The molecule has 0 aliphatic heterocycles. The van der Waals surface area contributed by atoms with Crippen molar-refractivity contribution in [1.29, 1.82) is 0 Å². The number of amides is 1. The van der Waals surface area contributed by atoms with E-state index in [4.69, 9.17) is 5.73 Å². The molecule has 0 bridgehead atoms. The Kier molecular flexibility index (Phi) is 1.66. The SMILES string of the molecule is NC(=O)c1ccnc2cccnc12. The summed E-state index contributed by atoms with van der Waals surface area (Å²) >= 11 is 0. The van der Waals surface area contributed by atoms with Gasteiger partial charge in [-0.3, -0.25) is 14.8 Å². The second-order valence-corrected chi connectivity index (χ2v) is 2.59. The van der Waals surface area contributed by atoms with E-state index < -0.39 is 5.91 Å². The molecular formula is C9H7N3O. The Balaban J connectivity index is 2.83. The lowest BCUT2D eigenvalue weighted by Crippen LogP contribution is -2.12. The van der Waals surface area contributed by atoms with E-state index in [0.717, 1.165) is 0 Å². The Labute approximate surface area is 74.4 Å². The molecule has 0 aliphatic carbocycles. The number of carbonyl (C=O) groups excluding carboxylic acids is 1. The van der Waals surface area contributed by atoms with E-state index in [2.05, 4.69) is 9.97 Å². The summed E-state index contributed by atoms with van der Waals surface area (Å²) in [5, 5.41) is 0. The van der Waals surface area contributed by atoms with Gasteiger partial charge in [0.05, 0.1) is 11.1 Å². The molecule has 2 aromatic rings. The topological polar surface area (TPSA) is 68.9 Å². The number of pyridine rings is 2. The van der Waals surface area contributed by atoms with Gasteiger partial charge in [0.25, 0.3) is 5.91 Å². The minimum atomic E-state index is -0.480. The molecule has 13 heavy (non-hydrogen) atoms. The second-order valence-electron chi connectivity index (χ2n) is 2.59. The molecule has 2 heterocycles. The second kappa shape index (κ2) is 2.82. The Morgan fingerprint density at radius 2 is 2.08 bits per heavy atom. The van der Waals surface area contributed by atoms with Gasteiger partial charge in [-0.2, -0.15) is 0 Å². The van der Waals surface area contributed by atoms with Gasteiger partial charge < -0.3 is 5.73 Å². The van der Waals surface area contributed by atoms with Crippen molar-refractivity contribution >= 4 is 16.9 Å². The molecule has 2 rings (SSSR count). The normalized spacial score (nSPS) is 10.2. The van der Waals surface area contributed by atoms with Crippen LogP contribution in [0.4, 0.5) is 0 Å². The van der Waals surface area contributed by atoms with Gasteiger partial charge >= 0.3 is 0 Å². The van der Waals surface area contributed by atoms with Crippen molar-refractivity contribution in [3.05, 3.63) is 36.2 Å². The van der Waals surface area contributed by atoms with Crippen LogP contribution < -0.4 is 5.73 Å². The molecule has 2 N–H and O–H groups in total. The van der Waals surface area contributed by atoms with Crippen molar-refractivity contribution < 1.29 is 4.79 Å². The first kappa shape index (κ1) is 7.67. The van der Waals surface area contributed by atoms with Crippen LogP contribution in [0, 0.1) is 0 Å². The van der Waals surface area contributed by atoms with Gasteiger partial charge in [-0.1, -0.05) is 0 Å². The first-order valence-corrected chi connectivity index (χ1v) is 3.78. The van der Waals surface area contributed by atoms with Crippen LogP contribution in [-0.4, -0.2) is 15.9 Å². The summed E-state index contributed by atoms with van der Waals surface area (Å²) < 4.78 is 0. The fourth-order valence-electron chi connectivity index (χ4n) is 1.18. The number of carbonyl (C=O) groups is 1. The highest BCUT2D eigenvalue weighted by atomic mass is 16.1. The number of nitrogens with zero attached hydrogens (tertiary/aromatic N) is 2. The van der Waals surface area contributed by atoms with Gasteiger partial charge in [-0.15, -0.1) is 0 Å². The highest BCUT2D eigenvalue weighted by molar-refractivity contribution is 6.03. The average molecular weight is 173 g/mol. The molecule has 0 saturated heterocycles. The molecule has 0 saturated carbocycles. The fraction of sp³-hybridized carbons (Fsp3) is 0. The summed E-state index contributed by atoms with van der Waals surface area (Å²) in [7, 11) is 0. The maximum Gasteiger partial charge on any atom is 0.251 e. The molecule has 0 fully saturated rings. The zero-order chi connectivity index (χ0) is 9.26. The Morgan fingerprint density at radius 1 is 1.23 bits per heavy atom. The van der Waals surface area contributed by atoms with Crippen molar-refractivity contribution in [3.63, 3.8) is 0 Å². The number of rotatable bonds is 1. The van der Waals surface area contributed by atoms with E-state index in [1.165, 1.54) is 0 Å². The number of fused-ring (bicyclic) bond motifs is 1. The summed E-state index contributed by atoms with van der Waals surface area (Å²) in [5.74, 6) is -0.480. The molecule has 0 aromatic carbocycles. The molecule has 4 nitrogen and oxygen atoms in total. The van der Waals surface area contributed by atoms with Crippen molar-refractivity contribution in [3.8, 4) is 0 Å². The molecule has 2 aromatic heterocycles. The van der Waals surface area contributed by atoms with E-state index in [9.17, 15) is 4.79 Å². The van der Waals surface area contributed by atoms with Crippen molar-refractivity contribution in [2.24, 2.45) is 5.73 Å². The van der Waals surface area contributed by atoms with Crippen LogP contribution in [0.25, 0.3) is 11.0 Å². The summed E-state index contributed by atoms with van der Waals surface area (Å²) in [6.45, 7) is 0. The molecular weight excluding hydrogens is 166 g/mol. The largest absolute Gasteiger partial charge is 0.366 e. The first-order chi connectivity index (χ1) is 6.29. The molecule has 0 unspecified atom stereocenters. The molecule has 0 atom stereocenters. The van der Waals surface area contributed by atoms with Gasteiger partial charge in [0.15, 0.2) is 0 Å². The predicted molar refractivity (Wildman–Crippen MR) is 48.1 cm³/mol. The third kappa shape index (κ3) is 1.22. The van der Waals surface area contributed by atoms with Crippen molar-refractivity contribution in [1.82, 2.24) is 9.97 Å². The molecule has 4 heteroatoms. The first-order valence-electron chi connectivity index (χ1n) is 3.78. The average Bonchev–Trinajstić information content (AvgIpc) is 2.17. The van der Waals surface area contributed by atoms with E-state index in [1.807, 2.05) is 0 Å². The van der Waals surface area contributed by atoms with E-state index >= 15 is 0 Å². The van der Waals surface area contributed by atoms with Gasteiger partial charge in [0, 0.05) is 12.4 Å². The molecule has 1 amide bonds. The lowest BCUT2D eigenvalue weighted by molar-refractivity contribution is 0.100. The third-order valence-corrected chi connectivity index (χ3v) is 1.76. The minimum absolute atomic E-state index is 0.408. The molecule has 0 aliphatic rings. The van der Waals surface area contributed by atoms with Gasteiger partial charge in [0.2, 0.25) is 0 Å². The van der Waals surface area contributed by atoms with Crippen molar-refractivity contribution in [2.75, 3.05) is 0 Å². The van der Waals surface area contributed by atoms with Crippen LogP contribution in [0.3, 0.4) is 0 Å². The summed E-state index contributed by atoms with van der Waals surface area (Å²) in [4.78, 5) is 19.1. The van der Waals surface area contributed by atoms with Crippen LogP contribution in [-0.2, 0) is 0 Å². The smallest absolute Gasteiger partial charge is 0.251 e. The highest BCUT2D eigenvalue weighted by Crippen LogP contribution is 2.11. The van der Waals surface area contributed by atoms with E-state index in [0.29, 0.717) is 16.6 Å². The van der Waals surface area contributed by atoms with Crippen molar-refractivity contribution in [2.45, 2.75) is 0 Å². The number of primary amides is 1. The number of nitrogens with two attached hydrogens (primary N) is 1. The lowest BCUT2D eigenvalue weighted by Gasteiger charge is -1.99. The van der Waals surface area contributed by atoms with Crippen LogP contribution in [0.1, 0.15) is 10.4 Å². The maximum absolute atomic E-state index is 11.0. The third-order valence-electron chi connectivity index (χ3n) is 1.76. The van der Waals surface area contributed by atoms with Gasteiger partial charge in [-0.25, -0.2) is 0 Å². The summed E-state index contributed by atoms with van der Waals surface area (Å²) in [5.41, 5.74) is 6.81. The fourth-order valence-corrected chi connectivity index (χ4v) is 1.18. The lowest BCUT2D eigenvalue weighted by atomic mass is 10.2. The Hall–Kier alpha value is -1.97. The standard InChI is InChI=1S/C9H7N3O/c10-9(13)6-3-5-11-7-2-1-4-12-8(6)7/h1-5H,(H2,10,13). The predicted octanol–water partition coefficient (Wildman–Crippen LogP) is 0.729. The molecule has 0 spiro atoms. The van der Waals surface area contributed by atoms with Gasteiger partial charge in [-0.05, 0) is 18.2 Å². The Bertz CT molecular complexity index is 462. The number of hydrogen-bond donors (Lipinski definition) is 1.